The average molecular weight is 983 g/mol. The van der Waals surface area contributed by atoms with Gasteiger partial charge >= 0.3 is 0 Å². The van der Waals surface area contributed by atoms with E-state index in [-0.39, 0.29) is 0 Å². The van der Waals surface area contributed by atoms with Gasteiger partial charge in [0.2, 0.25) is 0 Å². The van der Waals surface area contributed by atoms with Crippen LogP contribution in [0.1, 0.15) is 83.0 Å². The van der Waals surface area contributed by atoms with E-state index in [2.05, 4.69) is 242 Å². The lowest BCUT2D eigenvalue weighted by atomic mass is 9.84. The number of hydrogen-bond acceptors (Lipinski definition) is 2. The molecule has 0 atom stereocenters. The molecule has 2 nitrogen and oxygen atoms in total. The Morgan fingerprint density at radius 2 is 0.592 bits per heavy atom. The van der Waals surface area contributed by atoms with Crippen LogP contribution >= 0.6 is 0 Å². The quantitative estimate of drug-likeness (QED) is 0.127. The van der Waals surface area contributed by atoms with E-state index in [0.29, 0.717) is 0 Å². The fraction of sp³-hybridized carbons (Fsp3) is 0.189. The molecule has 0 aliphatic heterocycles. The van der Waals surface area contributed by atoms with E-state index in [1.54, 1.807) is 5.56 Å². The molecule has 0 amide bonds. The lowest BCUT2D eigenvalue weighted by molar-refractivity contribution is 0.687. The molecule has 0 N–H and O–H groups in total. The van der Waals surface area contributed by atoms with Crippen LogP contribution in [0.4, 0.5) is 34.1 Å². The van der Waals surface area contributed by atoms with Crippen molar-refractivity contribution >= 4 is 34.1 Å². The van der Waals surface area contributed by atoms with Crippen molar-refractivity contribution in [2.45, 2.75) is 90.9 Å². The van der Waals surface area contributed by atoms with Crippen LogP contribution in [-0.2, 0) is 38.5 Å². The fourth-order valence-corrected chi connectivity index (χ4v) is 12.9. The molecule has 2 heteroatoms. The maximum absolute atomic E-state index is 2.53. The van der Waals surface area contributed by atoms with Gasteiger partial charge in [0.1, 0.15) is 0 Å². The highest BCUT2D eigenvalue weighted by atomic mass is 15.1. The zero-order valence-corrected chi connectivity index (χ0v) is 44.2. The maximum Gasteiger partial charge on any atom is 0.0496 e. The van der Waals surface area contributed by atoms with Gasteiger partial charge in [-0.25, -0.2) is 0 Å². The predicted molar refractivity (Wildman–Crippen MR) is 322 cm³/mol. The first-order chi connectivity index (χ1) is 37.5. The minimum absolute atomic E-state index is 1.05. The smallest absolute Gasteiger partial charge is 0.0496 e. The summed E-state index contributed by atoms with van der Waals surface area (Å²) in [5.41, 5.74) is 31.6. The molecule has 0 saturated carbocycles. The summed E-state index contributed by atoms with van der Waals surface area (Å²) in [6.45, 7) is 4.34. The first-order valence-electron chi connectivity index (χ1n) is 28.1. The summed E-state index contributed by atoms with van der Waals surface area (Å²) in [7, 11) is 0. The Hall–Kier alpha value is -8.20. The van der Waals surface area contributed by atoms with Crippen molar-refractivity contribution in [3.8, 4) is 55.6 Å². The second kappa shape index (κ2) is 20.8. The van der Waals surface area contributed by atoms with Crippen LogP contribution in [-0.4, -0.2) is 0 Å². The Bertz CT molecular complexity index is 3690. The molecule has 372 valence electrons. The Labute approximate surface area is 451 Å². The molecule has 0 saturated heterocycles. The van der Waals surface area contributed by atoms with E-state index in [0.717, 1.165) is 36.3 Å². The molecule has 0 unspecified atom stereocenters. The van der Waals surface area contributed by atoms with Crippen molar-refractivity contribution in [3.05, 3.63) is 263 Å². The van der Waals surface area contributed by atoms with E-state index < -0.39 is 0 Å². The Balaban J connectivity index is 0.868. The van der Waals surface area contributed by atoms with Gasteiger partial charge in [0.25, 0.3) is 0 Å². The van der Waals surface area contributed by atoms with Crippen LogP contribution in [0.15, 0.2) is 218 Å². The third-order valence-corrected chi connectivity index (χ3v) is 16.8. The summed E-state index contributed by atoms with van der Waals surface area (Å²) in [6, 6.07) is 82.8. The first kappa shape index (κ1) is 47.5. The SMILES string of the molecule is Cc1cccc(-c2ccc(N(c3ccc(-c4cccc5c4CCCC5)cc3)c3ccc(-c4ccc(N(c5ccc(-c6cccc(C)c6)cc5)c5ccc(-c6cccc7c6CCCC7)cc5)c5c4CCCC5)cc3)cc2)c1. The maximum atomic E-state index is 2.53. The molecule has 0 heterocycles. The molecule has 0 aromatic heterocycles. The van der Waals surface area contributed by atoms with E-state index >= 15 is 0 Å². The van der Waals surface area contributed by atoms with Gasteiger partial charge in [-0.05, 0) is 247 Å². The Kier molecular flexibility index (Phi) is 13.0. The van der Waals surface area contributed by atoms with Gasteiger partial charge in [-0.15, -0.1) is 0 Å². The highest BCUT2D eigenvalue weighted by molar-refractivity contribution is 5.87. The molecule has 3 aliphatic carbocycles. The zero-order valence-electron chi connectivity index (χ0n) is 44.2. The van der Waals surface area contributed by atoms with Gasteiger partial charge in [0.15, 0.2) is 0 Å². The fourth-order valence-electron chi connectivity index (χ4n) is 12.9. The van der Waals surface area contributed by atoms with Gasteiger partial charge in [-0.3, -0.25) is 0 Å². The van der Waals surface area contributed by atoms with Crippen LogP contribution in [0, 0.1) is 13.8 Å². The summed E-state index contributed by atoms with van der Waals surface area (Å²) in [5, 5.41) is 0. The molecule has 0 radical (unpaired) electrons. The van der Waals surface area contributed by atoms with E-state index in [4.69, 9.17) is 0 Å². The third-order valence-electron chi connectivity index (χ3n) is 16.8. The molecular weight excluding hydrogens is 917 g/mol. The van der Waals surface area contributed by atoms with Gasteiger partial charge in [0.05, 0.1) is 0 Å². The number of rotatable bonds is 11. The van der Waals surface area contributed by atoms with Crippen LogP contribution in [0.5, 0.6) is 0 Å². The van der Waals surface area contributed by atoms with Gasteiger partial charge in [-0.2, -0.15) is 0 Å². The molecule has 3 aliphatic rings. The lowest BCUT2D eigenvalue weighted by Crippen LogP contribution is -2.16. The molecule has 13 rings (SSSR count). The summed E-state index contributed by atoms with van der Waals surface area (Å²) in [4.78, 5) is 4.95. The highest BCUT2D eigenvalue weighted by Gasteiger charge is 2.25. The van der Waals surface area contributed by atoms with Crippen LogP contribution in [0.3, 0.4) is 0 Å². The molecule has 10 aromatic carbocycles. The van der Waals surface area contributed by atoms with Crippen molar-refractivity contribution in [2.75, 3.05) is 9.80 Å². The second-order valence-electron chi connectivity index (χ2n) is 21.7. The van der Waals surface area contributed by atoms with Crippen molar-refractivity contribution in [2.24, 2.45) is 0 Å². The monoisotopic (exact) mass is 983 g/mol. The molecule has 0 spiro atoms. The number of benzene rings is 10. The zero-order chi connectivity index (χ0) is 51.0. The standard InChI is InChI=1S/C74H66N2/c1-51-13-9-19-60(49-51)53-27-37-62(38-28-53)75(63-41-31-57(32-42-63)69-25-11-17-55-15-3-5-21-67(55)69)64-43-33-59(34-44-64)71-47-48-74(73-24-8-7-23-72(71)73)76(65-39-29-54(30-40-65)61-20-10-14-52(2)50-61)66-45-35-58(36-46-66)70-26-12-18-56-16-4-6-22-68(56)70/h9-14,17-20,25-50H,3-8,15-16,21-24H2,1-2H3. The molecule has 76 heavy (non-hydrogen) atoms. The van der Waals surface area contributed by atoms with Crippen LogP contribution < -0.4 is 9.80 Å². The van der Waals surface area contributed by atoms with E-state index in [1.165, 1.54) is 169 Å². The molecular formula is C74H66N2. The molecule has 0 bridgehead atoms. The minimum Gasteiger partial charge on any atom is -0.311 e. The number of anilines is 6. The number of fused-ring (bicyclic) bond motifs is 3. The highest BCUT2D eigenvalue weighted by Crippen LogP contribution is 2.46. The summed E-state index contributed by atoms with van der Waals surface area (Å²) in [5.74, 6) is 0. The van der Waals surface area contributed by atoms with Crippen molar-refractivity contribution in [1.29, 1.82) is 0 Å². The number of aryl methyl sites for hydroxylation is 4. The van der Waals surface area contributed by atoms with E-state index in [1.807, 2.05) is 0 Å². The largest absolute Gasteiger partial charge is 0.311 e. The van der Waals surface area contributed by atoms with Gasteiger partial charge in [0, 0.05) is 34.1 Å². The van der Waals surface area contributed by atoms with Crippen molar-refractivity contribution < 1.29 is 0 Å². The van der Waals surface area contributed by atoms with Crippen molar-refractivity contribution in [1.82, 2.24) is 0 Å². The van der Waals surface area contributed by atoms with Gasteiger partial charge in [-0.1, -0.05) is 163 Å². The summed E-state index contributed by atoms with van der Waals surface area (Å²) in [6.07, 6.45) is 14.3. The van der Waals surface area contributed by atoms with Crippen LogP contribution in [0.2, 0.25) is 0 Å². The normalized spacial score (nSPS) is 13.8. The minimum atomic E-state index is 1.05. The number of hydrogen-bond donors (Lipinski definition) is 0. The van der Waals surface area contributed by atoms with Gasteiger partial charge < -0.3 is 9.80 Å². The topological polar surface area (TPSA) is 6.48 Å². The van der Waals surface area contributed by atoms with Crippen LogP contribution in [0.25, 0.3) is 55.6 Å². The summed E-state index contributed by atoms with van der Waals surface area (Å²) < 4.78 is 0. The second-order valence-corrected chi connectivity index (χ2v) is 21.7. The Morgan fingerprint density at radius 1 is 0.250 bits per heavy atom. The van der Waals surface area contributed by atoms with E-state index in [9.17, 15) is 0 Å². The molecule has 0 fully saturated rings. The lowest BCUT2D eigenvalue weighted by Gasteiger charge is -2.32. The summed E-state index contributed by atoms with van der Waals surface area (Å²) >= 11 is 0. The number of nitrogens with zero attached hydrogens (tertiary/aromatic N) is 2. The predicted octanol–water partition coefficient (Wildman–Crippen LogP) is 20.2. The van der Waals surface area contributed by atoms with Crippen molar-refractivity contribution in [3.63, 3.8) is 0 Å². The Morgan fingerprint density at radius 3 is 1.01 bits per heavy atom. The first-order valence-corrected chi connectivity index (χ1v) is 28.1. The third kappa shape index (κ3) is 9.36. The average Bonchev–Trinajstić information content (AvgIpc) is 3.48. The molecule has 10 aromatic rings.